The Hall–Kier alpha value is -1.17. The Morgan fingerprint density at radius 1 is 0.595 bits per heavy atom. The Balaban J connectivity index is 1.84. The summed E-state index contributed by atoms with van der Waals surface area (Å²) in [6.45, 7) is 24.1. The minimum absolute atomic E-state index is 0.101. The van der Waals surface area contributed by atoms with E-state index in [0.717, 1.165) is 49.6 Å². The third-order valence-electron chi connectivity index (χ3n) is 6.50. The lowest BCUT2D eigenvalue weighted by atomic mass is 9.78. The summed E-state index contributed by atoms with van der Waals surface area (Å²) in [7, 11) is -4.35. The molecule has 0 aromatic heterocycles. The SMILES string of the molecule is C[Si](C)O[Si](C)(C)CCCOc1ccc(C(C)(C)c2ccc(OCCC[Si](C)(C)O[Si](C)C)cc2)cc1. The van der Waals surface area contributed by atoms with Gasteiger partial charge in [0.1, 0.15) is 11.5 Å². The van der Waals surface area contributed by atoms with Crippen LogP contribution in [0.1, 0.15) is 37.8 Å². The zero-order valence-corrected chi connectivity index (χ0v) is 29.0. The third kappa shape index (κ3) is 11.6. The van der Waals surface area contributed by atoms with Crippen molar-refractivity contribution in [2.75, 3.05) is 13.2 Å². The van der Waals surface area contributed by atoms with Crippen molar-refractivity contribution >= 4 is 34.7 Å². The predicted octanol–water partition coefficient (Wildman–Crippen LogP) is 8.50. The molecule has 2 radical (unpaired) electrons. The summed E-state index contributed by atoms with van der Waals surface area (Å²) in [5.74, 6) is 1.87. The Morgan fingerprint density at radius 3 is 1.22 bits per heavy atom. The molecular weight excluding hydrogens is 525 g/mol. The van der Waals surface area contributed by atoms with Crippen LogP contribution in [0.5, 0.6) is 11.5 Å². The Morgan fingerprint density at radius 2 is 0.919 bits per heavy atom. The predicted molar refractivity (Wildman–Crippen MR) is 167 cm³/mol. The van der Waals surface area contributed by atoms with E-state index in [4.69, 9.17) is 17.7 Å². The molecule has 0 amide bonds. The van der Waals surface area contributed by atoms with Crippen LogP contribution in [0.25, 0.3) is 0 Å². The van der Waals surface area contributed by atoms with Crippen LogP contribution in [-0.4, -0.2) is 47.9 Å². The Labute approximate surface area is 232 Å². The molecule has 0 heterocycles. The molecule has 0 bridgehead atoms. The van der Waals surface area contributed by atoms with E-state index in [2.05, 4.69) is 115 Å². The van der Waals surface area contributed by atoms with Crippen LogP contribution in [0.15, 0.2) is 48.5 Å². The zero-order valence-electron chi connectivity index (χ0n) is 25.0. The van der Waals surface area contributed by atoms with Crippen molar-refractivity contribution in [2.45, 2.75) is 96.6 Å². The molecule has 0 aliphatic carbocycles. The fourth-order valence-electron chi connectivity index (χ4n) is 4.69. The minimum atomic E-state index is -1.55. The van der Waals surface area contributed by atoms with Crippen LogP contribution in [0.3, 0.4) is 0 Å². The molecule has 0 aliphatic heterocycles. The van der Waals surface area contributed by atoms with Gasteiger partial charge in [-0.05, 0) is 113 Å². The summed E-state index contributed by atoms with van der Waals surface area (Å²) < 4.78 is 24.5. The summed E-state index contributed by atoms with van der Waals surface area (Å²) in [5, 5.41) is 0. The van der Waals surface area contributed by atoms with Crippen LogP contribution < -0.4 is 9.47 Å². The number of ether oxygens (including phenoxy) is 2. The van der Waals surface area contributed by atoms with Crippen LogP contribution >= 0.6 is 0 Å². The van der Waals surface area contributed by atoms with Crippen molar-refractivity contribution in [3.8, 4) is 11.5 Å². The molecule has 0 saturated heterocycles. The van der Waals surface area contributed by atoms with Crippen molar-refractivity contribution < 1.29 is 17.7 Å². The first-order chi connectivity index (χ1) is 17.2. The molecule has 0 unspecified atom stereocenters. The molecule has 8 heteroatoms. The summed E-state index contributed by atoms with van der Waals surface area (Å²) in [5.41, 5.74) is 2.45. The molecule has 2 aromatic rings. The molecule has 0 saturated carbocycles. The van der Waals surface area contributed by atoms with Crippen molar-refractivity contribution in [3.63, 3.8) is 0 Å². The van der Waals surface area contributed by atoms with Gasteiger partial charge in [-0.15, -0.1) is 0 Å². The summed E-state index contributed by atoms with van der Waals surface area (Å²) in [6, 6.07) is 19.4. The van der Waals surface area contributed by atoms with E-state index in [0.29, 0.717) is 0 Å². The monoisotopic (exact) mass is 574 g/mol. The highest BCUT2D eigenvalue weighted by Crippen LogP contribution is 2.33. The van der Waals surface area contributed by atoms with Gasteiger partial charge in [-0.25, -0.2) is 0 Å². The number of benzene rings is 2. The molecule has 0 atom stereocenters. The van der Waals surface area contributed by atoms with Gasteiger partial charge in [-0.1, -0.05) is 38.1 Å². The van der Waals surface area contributed by atoms with Gasteiger partial charge in [0, 0.05) is 5.41 Å². The maximum atomic E-state index is 6.22. The van der Waals surface area contributed by atoms with Gasteiger partial charge in [-0.2, -0.15) is 0 Å². The average molecular weight is 575 g/mol. The second-order valence-corrected chi connectivity index (χ2v) is 25.4. The van der Waals surface area contributed by atoms with E-state index in [9.17, 15) is 0 Å². The number of rotatable bonds is 16. The average Bonchev–Trinajstić information content (AvgIpc) is 2.78. The Bertz CT molecular complexity index is 850. The second-order valence-electron chi connectivity index (χ2n) is 12.1. The molecule has 4 nitrogen and oxygen atoms in total. The van der Waals surface area contributed by atoms with E-state index in [-0.39, 0.29) is 5.41 Å². The highest BCUT2D eigenvalue weighted by Gasteiger charge is 2.25. The van der Waals surface area contributed by atoms with Crippen LogP contribution in [0, 0.1) is 0 Å². The van der Waals surface area contributed by atoms with Gasteiger partial charge in [0.25, 0.3) is 0 Å². The summed E-state index contributed by atoms with van der Waals surface area (Å²) in [4.78, 5) is 0. The highest BCUT2D eigenvalue weighted by atomic mass is 28.4. The van der Waals surface area contributed by atoms with E-state index in [1.165, 1.54) is 11.1 Å². The van der Waals surface area contributed by atoms with Gasteiger partial charge in [0.05, 0.1) is 13.2 Å². The minimum Gasteiger partial charge on any atom is -0.494 e. The van der Waals surface area contributed by atoms with E-state index in [1.807, 2.05) is 0 Å². The van der Waals surface area contributed by atoms with Crippen LogP contribution in [0.2, 0.25) is 64.5 Å². The van der Waals surface area contributed by atoms with Crippen LogP contribution in [0.4, 0.5) is 0 Å². The van der Waals surface area contributed by atoms with Crippen LogP contribution in [-0.2, 0) is 13.6 Å². The van der Waals surface area contributed by atoms with E-state index < -0.39 is 34.7 Å². The normalized spacial score (nSPS) is 12.9. The molecule has 0 N–H and O–H groups in total. The summed E-state index contributed by atoms with van der Waals surface area (Å²) >= 11 is 0. The highest BCUT2D eigenvalue weighted by molar-refractivity contribution is 6.78. The standard InChI is InChI=1S/C29H50O4Si4/c1-29(2,25-13-17-27(18-14-25)30-21-11-23-36(7,8)32-34(3)4)26-15-19-28(20-16-26)31-22-12-24-37(9,10)33-35(5)6/h13-20H,11-12,21-24H2,1-10H3. The first-order valence-electron chi connectivity index (χ1n) is 13.7. The fourth-order valence-corrected chi connectivity index (χ4v) is 16.3. The van der Waals surface area contributed by atoms with Crippen molar-refractivity contribution in [1.82, 2.24) is 0 Å². The summed E-state index contributed by atoms with van der Waals surface area (Å²) in [6.07, 6.45) is 2.09. The number of hydrogen-bond donors (Lipinski definition) is 0. The maximum Gasteiger partial charge on any atom is 0.191 e. The van der Waals surface area contributed by atoms with Crippen molar-refractivity contribution in [1.29, 1.82) is 0 Å². The van der Waals surface area contributed by atoms with Gasteiger partial charge >= 0.3 is 0 Å². The van der Waals surface area contributed by atoms with Crippen molar-refractivity contribution in [3.05, 3.63) is 59.7 Å². The van der Waals surface area contributed by atoms with Gasteiger partial charge in [0.2, 0.25) is 0 Å². The topological polar surface area (TPSA) is 36.9 Å². The van der Waals surface area contributed by atoms with Gasteiger partial charge in [-0.3, -0.25) is 0 Å². The molecule has 2 rings (SSSR count). The smallest absolute Gasteiger partial charge is 0.191 e. The lowest BCUT2D eigenvalue weighted by Crippen LogP contribution is -2.35. The fraction of sp³-hybridized carbons (Fsp3) is 0.586. The third-order valence-corrected chi connectivity index (χ3v) is 17.3. The van der Waals surface area contributed by atoms with Crippen molar-refractivity contribution in [2.24, 2.45) is 0 Å². The first kappa shape index (κ1) is 32.0. The lowest BCUT2D eigenvalue weighted by Gasteiger charge is -2.27. The molecular formula is C29H50O4Si4. The molecule has 206 valence electrons. The maximum absolute atomic E-state index is 6.22. The number of hydrogen-bond acceptors (Lipinski definition) is 4. The Kier molecular flexibility index (Phi) is 12.4. The largest absolute Gasteiger partial charge is 0.494 e. The molecule has 2 aromatic carbocycles. The molecule has 0 spiro atoms. The first-order valence-corrected chi connectivity index (χ1v) is 24.7. The lowest BCUT2D eigenvalue weighted by molar-refractivity contribution is 0.314. The van der Waals surface area contributed by atoms with E-state index >= 15 is 0 Å². The quantitative estimate of drug-likeness (QED) is 0.149. The molecule has 0 fully saturated rings. The van der Waals surface area contributed by atoms with E-state index in [1.54, 1.807) is 0 Å². The molecule has 0 aliphatic rings. The van der Waals surface area contributed by atoms with Gasteiger partial charge < -0.3 is 17.7 Å². The second kappa shape index (κ2) is 14.3. The zero-order chi connectivity index (χ0) is 27.7. The van der Waals surface area contributed by atoms with Gasteiger partial charge in [0.15, 0.2) is 34.7 Å². The molecule has 37 heavy (non-hydrogen) atoms.